The van der Waals surface area contributed by atoms with E-state index < -0.39 is 46.6 Å². The molecule has 0 unspecified atom stereocenters. The Morgan fingerprint density at radius 3 is 2.29 bits per heavy atom. The largest absolute Gasteiger partial charge is 0.416 e. The van der Waals surface area contributed by atoms with Crippen LogP contribution >= 0.6 is 0 Å². The van der Waals surface area contributed by atoms with Crippen molar-refractivity contribution in [2.24, 2.45) is 0 Å². The first-order chi connectivity index (χ1) is 12.9. The maximum Gasteiger partial charge on any atom is 0.416 e. The number of sulfonamides is 1. The van der Waals surface area contributed by atoms with Crippen molar-refractivity contribution in [1.82, 2.24) is 9.62 Å². The van der Waals surface area contributed by atoms with E-state index in [1.165, 1.54) is 19.2 Å². The van der Waals surface area contributed by atoms with Crippen LogP contribution in [0, 0.1) is 12.7 Å². The normalized spacial score (nSPS) is 12.2. The Labute approximate surface area is 160 Å². The van der Waals surface area contributed by atoms with Gasteiger partial charge in [-0.2, -0.15) is 17.5 Å². The molecule has 0 saturated heterocycles. The average molecular weight is 418 g/mol. The molecule has 0 saturated carbocycles. The fourth-order valence-corrected chi connectivity index (χ4v) is 3.52. The molecule has 152 valence electrons. The van der Waals surface area contributed by atoms with Crippen LogP contribution in [0.15, 0.2) is 47.4 Å². The molecule has 0 aromatic heterocycles. The van der Waals surface area contributed by atoms with Gasteiger partial charge in [-0.15, -0.1) is 0 Å². The molecule has 0 aliphatic carbocycles. The molecule has 28 heavy (non-hydrogen) atoms. The minimum atomic E-state index is -4.78. The van der Waals surface area contributed by atoms with E-state index >= 15 is 0 Å². The number of halogens is 4. The Balaban J connectivity index is 2.06. The van der Waals surface area contributed by atoms with Gasteiger partial charge in [-0.3, -0.25) is 4.79 Å². The second-order valence-electron chi connectivity index (χ2n) is 6.15. The van der Waals surface area contributed by atoms with Crippen molar-refractivity contribution < 1.29 is 30.8 Å². The highest BCUT2D eigenvalue weighted by Crippen LogP contribution is 2.32. The molecule has 0 bridgehead atoms. The Morgan fingerprint density at radius 2 is 1.71 bits per heavy atom. The van der Waals surface area contributed by atoms with Crippen molar-refractivity contribution in [2.75, 3.05) is 13.6 Å². The van der Waals surface area contributed by atoms with E-state index in [2.05, 4.69) is 5.32 Å². The topological polar surface area (TPSA) is 66.5 Å². The summed E-state index contributed by atoms with van der Waals surface area (Å²) in [6, 6.07) is 8.12. The maximum absolute atomic E-state index is 13.1. The standard InChI is InChI=1S/C18H18F4N2O3S/c1-12-3-7-15(8-4-12)28(26,27)24(2)11-17(25)23-10-13-5-6-14(19)9-16(13)18(20,21)22/h3-9H,10-11H2,1-2H3,(H,23,25). The lowest BCUT2D eigenvalue weighted by molar-refractivity contribution is -0.138. The highest BCUT2D eigenvalue weighted by Gasteiger charge is 2.33. The second-order valence-corrected chi connectivity index (χ2v) is 8.19. The molecule has 2 aromatic carbocycles. The SMILES string of the molecule is Cc1ccc(S(=O)(=O)N(C)CC(=O)NCc2ccc(F)cc2C(F)(F)F)cc1. The van der Waals surface area contributed by atoms with Crippen LogP contribution in [-0.4, -0.2) is 32.2 Å². The predicted octanol–water partition coefficient (Wildman–Crippen LogP) is 3.09. The first kappa shape index (κ1) is 21.8. The lowest BCUT2D eigenvalue weighted by atomic mass is 10.1. The van der Waals surface area contributed by atoms with E-state index in [4.69, 9.17) is 0 Å². The second kappa shape index (κ2) is 8.27. The van der Waals surface area contributed by atoms with Crippen molar-refractivity contribution in [3.63, 3.8) is 0 Å². The number of hydrogen-bond acceptors (Lipinski definition) is 3. The van der Waals surface area contributed by atoms with Crippen LogP contribution in [0.3, 0.4) is 0 Å². The van der Waals surface area contributed by atoms with Crippen molar-refractivity contribution in [2.45, 2.75) is 24.5 Å². The zero-order valence-electron chi connectivity index (χ0n) is 15.0. The smallest absolute Gasteiger partial charge is 0.351 e. The van der Waals surface area contributed by atoms with E-state index in [1.54, 1.807) is 19.1 Å². The highest BCUT2D eigenvalue weighted by molar-refractivity contribution is 7.89. The van der Waals surface area contributed by atoms with Crippen LogP contribution in [0.25, 0.3) is 0 Å². The van der Waals surface area contributed by atoms with Gasteiger partial charge in [0.1, 0.15) is 5.82 Å². The van der Waals surface area contributed by atoms with Gasteiger partial charge in [-0.1, -0.05) is 23.8 Å². The van der Waals surface area contributed by atoms with Gasteiger partial charge in [0, 0.05) is 13.6 Å². The molecule has 0 spiro atoms. The summed E-state index contributed by atoms with van der Waals surface area (Å²) in [4.78, 5) is 12.0. The highest BCUT2D eigenvalue weighted by atomic mass is 32.2. The number of likely N-dealkylation sites (N-methyl/N-ethyl adjacent to an activating group) is 1. The molecule has 0 heterocycles. The van der Waals surface area contributed by atoms with Crippen LogP contribution in [0.1, 0.15) is 16.7 Å². The lowest BCUT2D eigenvalue weighted by Gasteiger charge is -2.18. The zero-order chi connectivity index (χ0) is 21.1. The van der Waals surface area contributed by atoms with Gasteiger partial charge in [0.25, 0.3) is 0 Å². The minimum absolute atomic E-state index is 0.00806. The van der Waals surface area contributed by atoms with Gasteiger partial charge in [-0.25, -0.2) is 12.8 Å². The summed E-state index contributed by atoms with van der Waals surface area (Å²) in [5.74, 6) is -1.85. The molecular formula is C18H18F4N2O3S. The van der Waals surface area contributed by atoms with Crippen LogP contribution in [0.5, 0.6) is 0 Å². The molecule has 0 aliphatic heterocycles. The molecule has 1 N–H and O–H groups in total. The number of nitrogens with zero attached hydrogens (tertiary/aromatic N) is 1. The number of hydrogen-bond donors (Lipinski definition) is 1. The quantitative estimate of drug-likeness (QED) is 0.734. The summed E-state index contributed by atoms with van der Waals surface area (Å²) >= 11 is 0. The summed E-state index contributed by atoms with van der Waals surface area (Å²) in [5.41, 5.74) is -0.668. The molecule has 10 heteroatoms. The molecule has 0 atom stereocenters. The van der Waals surface area contributed by atoms with Gasteiger partial charge in [-0.05, 0) is 36.8 Å². The number of alkyl halides is 3. The van der Waals surface area contributed by atoms with Crippen molar-refractivity contribution in [3.8, 4) is 0 Å². The Bertz CT molecular complexity index is 958. The molecule has 5 nitrogen and oxygen atoms in total. The Hall–Kier alpha value is -2.46. The number of carbonyl (C=O) groups excluding carboxylic acids is 1. The molecule has 0 radical (unpaired) electrons. The average Bonchev–Trinajstić information content (AvgIpc) is 2.60. The fraction of sp³-hybridized carbons (Fsp3) is 0.278. The van der Waals surface area contributed by atoms with Crippen LogP contribution in [0.4, 0.5) is 17.6 Å². The monoisotopic (exact) mass is 418 g/mol. The molecule has 1 amide bonds. The summed E-state index contributed by atoms with van der Waals surface area (Å²) in [6.45, 7) is 0.684. The number of carbonyl (C=O) groups is 1. The Kier molecular flexibility index (Phi) is 6.45. The molecule has 2 rings (SSSR count). The van der Waals surface area contributed by atoms with Crippen molar-refractivity contribution in [1.29, 1.82) is 0 Å². The first-order valence-corrected chi connectivity index (χ1v) is 9.50. The van der Waals surface area contributed by atoms with Gasteiger partial charge in [0.15, 0.2) is 0 Å². The third-order valence-electron chi connectivity index (χ3n) is 3.95. The number of benzene rings is 2. The van der Waals surface area contributed by atoms with Crippen LogP contribution < -0.4 is 5.32 Å². The van der Waals surface area contributed by atoms with Gasteiger partial charge >= 0.3 is 6.18 Å². The molecular weight excluding hydrogens is 400 g/mol. The third kappa shape index (κ3) is 5.29. The third-order valence-corrected chi connectivity index (χ3v) is 5.77. The van der Waals surface area contributed by atoms with E-state index in [-0.39, 0.29) is 10.5 Å². The summed E-state index contributed by atoms with van der Waals surface area (Å²) in [7, 11) is -2.74. The number of amides is 1. The number of rotatable bonds is 6. The van der Waals surface area contributed by atoms with Crippen molar-refractivity contribution >= 4 is 15.9 Å². The minimum Gasteiger partial charge on any atom is -0.351 e. The maximum atomic E-state index is 13.1. The van der Waals surface area contributed by atoms with Gasteiger partial charge in [0.2, 0.25) is 15.9 Å². The molecule has 2 aromatic rings. The van der Waals surface area contributed by atoms with Crippen molar-refractivity contribution in [3.05, 3.63) is 65.0 Å². The van der Waals surface area contributed by atoms with E-state index in [9.17, 15) is 30.8 Å². The number of aryl methyl sites for hydroxylation is 1. The van der Waals surface area contributed by atoms with E-state index in [0.29, 0.717) is 6.07 Å². The van der Waals surface area contributed by atoms with Gasteiger partial charge in [0.05, 0.1) is 17.0 Å². The van der Waals surface area contributed by atoms with E-state index in [0.717, 1.165) is 22.0 Å². The Morgan fingerprint density at radius 1 is 1.11 bits per heavy atom. The van der Waals surface area contributed by atoms with Crippen LogP contribution in [0.2, 0.25) is 0 Å². The first-order valence-electron chi connectivity index (χ1n) is 8.06. The van der Waals surface area contributed by atoms with Gasteiger partial charge < -0.3 is 5.32 Å². The summed E-state index contributed by atoms with van der Waals surface area (Å²) in [5, 5.41) is 2.23. The lowest BCUT2D eigenvalue weighted by Crippen LogP contribution is -2.38. The zero-order valence-corrected chi connectivity index (χ0v) is 15.9. The number of nitrogens with one attached hydrogen (secondary N) is 1. The van der Waals surface area contributed by atoms with Crippen LogP contribution in [-0.2, 0) is 27.5 Å². The fourth-order valence-electron chi connectivity index (χ4n) is 2.39. The molecule has 0 aliphatic rings. The molecule has 0 fully saturated rings. The summed E-state index contributed by atoms with van der Waals surface area (Å²) < 4.78 is 77.7. The predicted molar refractivity (Wildman–Crippen MR) is 94.2 cm³/mol. The van der Waals surface area contributed by atoms with E-state index in [1.807, 2.05) is 0 Å². The summed E-state index contributed by atoms with van der Waals surface area (Å²) in [6.07, 6.45) is -4.78.